The summed E-state index contributed by atoms with van der Waals surface area (Å²) in [4.78, 5) is 14.6. The molecule has 0 bridgehead atoms. The van der Waals surface area contributed by atoms with Gasteiger partial charge in [-0.1, -0.05) is 12.1 Å². The Morgan fingerprint density at radius 2 is 2.10 bits per heavy atom. The largest absolute Gasteiger partial charge is 0.457 e. The highest BCUT2D eigenvalue weighted by Crippen LogP contribution is 2.44. The van der Waals surface area contributed by atoms with Crippen molar-refractivity contribution in [2.24, 2.45) is 5.92 Å². The van der Waals surface area contributed by atoms with Crippen molar-refractivity contribution in [2.45, 2.75) is 18.4 Å². The fourth-order valence-corrected chi connectivity index (χ4v) is 4.39. The average molecular weight is 417 g/mol. The van der Waals surface area contributed by atoms with Gasteiger partial charge in [0.05, 0.1) is 17.8 Å². The van der Waals surface area contributed by atoms with Crippen LogP contribution in [0.4, 0.5) is 4.39 Å². The minimum atomic E-state index is -0.336. The minimum absolute atomic E-state index is 0.236. The lowest BCUT2D eigenvalue weighted by Gasteiger charge is -2.44. The summed E-state index contributed by atoms with van der Waals surface area (Å²) < 4.78 is 19.1. The van der Waals surface area contributed by atoms with Crippen LogP contribution in [0.5, 0.6) is 11.5 Å². The molecule has 31 heavy (non-hydrogen) atoms. The molecule has 8 heteroatoms. The summed E-state index contributed by atoms with van der Waals surface area (Å²) in [7, 11) is 0. The van der Waals surface area contributed by atoms with Crippen LogP contribution in [0.25, 0.3) is 11.3 Å². The van der Waals surface area contributed by atoms with Gasteiger partial charge in [-0.25, -0.2) is 4.39 Å². The van der Waals surface area contributed by atoms with E-state index >= 15 is 0 Å². The van der Waals surface area contributed by atoms with E-state index in [9.17, 15) is 14.4 Å². The van der Waals surface area contributed by atoms with Crippen LogP contribution in [0.2, 0.25) is 0 Å². The van der Waals surface area contributed by atoms with Crippen LogP contribution in [-0.4, -0.2) is 39.6 Å². The fraction of sp³-hybridized carbons (Fsp3) is 0.261. The van der Waals surface area contributed by atoms with E-state index in [-0.39, 0.29) is 17.3 Å². The highest BCUT2D eigenvalue weighted by atomic mass is 19.1. The molecular weight excluding hydrogens is 397 g/mol. The number of hydrogen-bond acceptors (Lipinski definition) is 5. The molecule has 1 unspecified atom stereocenters. The van der Waals surface area contributed by atoms with E-state index in [1.54, 1.807) is 29.2 Å². The lowest BCUT2D eigenvalue weighted by Crippen LogP contribution is -2.60. The van der Waals surface area contributed by atoms with Gasteiger partial charge in [0.15, 0.2) is 6.19 Å². The van der Waals surface area contributed by atoms with Crippen LogP contribution in [-0.2, 0) is 0 Å². The van der Waals surface area contributed by atoms with Gasteiger partial charge in [0.1, 0.15) is 23.0 Å². The molecule has 2 aliphatic rings. The first kappa shape index (κ1) is 19.1. The Hall–Kier alpha value is -3.86. The first-order valence-corrected chi connectivity index (χ1v) is 10.1. The van der Waals surface area contributed by atoms with Crippen LogP contribution < -0.4 is 10.1 Å². The molecule has 1 saturated carbocycles. The molecule has 1 aliphatic heterocycles. The van der Waals surface area contributed by atoms with Gasteiger partial charge in [-0.2, -0.15) is 10.4 Å². The third kappa shape index (κ3) is 3.48. The summed E-state index contributed by atoms with van der Waals surface area (Å²) in [6, 6.07) is 14.8. The number of para-hydroxylation sites is 1. The zero-order valence-corrected chi connectivity index (χ0v) is 16.6. The maximum atomic E-state index is 13.2. The Kier molecular flexibility index (Phi) is 4.59. The first-order chi connectivity index (χ1) is 15.1. The van der Waals surface area contributed by atoms with E-state index in [1.165, 1.54) is 12.1 Å². The van der Waals surface area contributed by atoms with Crippen molar-refractivity contribution >= 4 is 5.91 Å². The van der Waals surface area contributed by atoms with Crippen LogP contribution in [0.3, 0.4) is 0 Å². The van der Waals surface area contributed by atoms with Crippen molar-refractivity contribution in [3.8, 4) is 28.9 Å². The molecule has 1 saturated heterocycles. The van der Waals surface area contributed by atoms with E-state index in [0.717, 1.165) is 12.8 Å². The maximum absolute atomic E-state index is 13.2. The van der Waals surface area contributed by atoms with E-state index in [0.29, 0.717) is 47.5 Å². The number of rotatable bonds is 5. The number of amides is 1. The smallest absolute Gasteiger partial charge is 0.269 e. The molecule has 3 aromatic rings. The van der Waals surface area contributed by atoms with Crippen molar-refractivity contribution in [2.75, 3.05) is 13.1 Å². The zero-order valence-electron chi connectivity index (χ0n) is 16.6. The normalized spacial score (nSPS) is 21.7. The van der Waals surface area contributed by atoms with Crippen LogP contribution in [0.15, 0.2) is 54.6 Å². The molecule has 5 rings (SSSR count). The molecule has 7 nitrogen and oxygen atoms in total. The number of aromatic amines is 1. The lowest BCUT2D eigenvalue weighted by molar-refractivity contribution is 0.0757. The topological polar surface area (TPSA) is 94.0 Å². The quantitative estimate of drug-likeness (QED) is 0.618. The third-order valence-electron chi connectivity index (χ3n) is 6.17. The lowest BCUT2D eigenvalue weighted by atomic mass is 9.69. The van der Waals surface area contributed by atoms with Gasteiger partial charge in [-0.05, 0) is 55.3 Å². The molecular formula is C23H20FN5O2. The molecule has 1 aliphatic carbocycles. The summed E-state index contributed by atoms with van der Waals surface area (Å²) in [6.45, 7) is 1.24. The Bertz CT molecular complexity index is 1170. The van der Waals surface area contributed by atoms with Crippen LogP contribution in [0, 0.1) is 23.2 Å². The van der Waals surface area contributed by atoms with Crippen molar-refractivity contribution in [3.63, 3.8) is 0 Å². The molecule has 2 N–H and O–H groups in total. The van der Waals surface area contributed by atoms with Crippen molar-refractivity contribution in [1.82, 2.24) is 20.4 Å². The van der Waals surface area contributed by atoms with Crippen LogP contribution in [0.1, 0.15) is 23.3 Å². The molecule has 2 atom stereocenters. The second-order valence-electron chi connectivity index (χ2n) is 8.05. The average Bonchev–Trinajstić information content (AvgIpc) is 3.35. The number of likely N-dealkylation sites (tertiary alicyclic amines) is 1. The van der Waals surface area contributed by atoms with Gasteiger partial charge >= 0.3 is 0 Å². The van der Waals surface area contributed by atoms with E-state index < -0.39 is 0 Å². The highest BCUT2D eigenvalue weighted by molar-refractivity contribution is 5.94. The molecule has 1 amide bonds. The molecule has 2 heterocycles. The Morgan fingerprint density at radius 1 is 1.29 bits per heavy atom. The summed E-state index contributed by atoms with van der Waals surface area (Å²) in [5.41, 5.74) is 1.29. The Balaban J connectivity index is 1.35. The molecule has 0 spiro atoms. The molecule has 2 aromatic carbocycles. The standard InChI is InChI=1S/C23H20FN5O2/c24-16-5-7-17(8-6-16)31-21-4-2-1-3-18(21)19-11-20(28-27-19)22(30)26-23-10-9-15(23)12-29(13-23)14-25/h1-8,11,15H,9-10,12-13H2,(H,26,30)(H,27,28)/t15?,23-/m0/s1. The monoisotopic (exact) mass is 417 g/mol. The number of hydrogen-bond donors (Lipinski definition) is 2. The first-order valence-electron chi connectivity index (χ1n) is 10.1. The predicted molar refractivity (Wildman–Crippen MR) is 111 cm³/mol. The number of H-pyrrole nitrogens is 1. The van der Waals surface area contributed by atoms with Gasteiger partial charge in [0, 0.05) is 18.0 Å². The number of aromatic nitrogens is 2. The van der Waals surface area contributed by atoms with Gasteiger partial charge in [0.25, 0.3) is 5.91 Å². The van der Waals surface area contributed by atoms with Crippen molar-refractivity contribution in [1.29, 1.82) is 5.26 Å². The summed E-state index contributed by atoms with van der Waals surface area (Å²) in [5.74, 6) is 0.784. The molecule has 156 valence electrons. The second-order valence-corrected chi connectivity index (χ2v) is 8.05. The molecule has 2 fully saturated rings. The number of carbonyl (C=O) groups is 1. The Labute approximate surface area is 178 Å². The fourth-order valence-electron chi connectivity index (χ4n) is 4.39. The zero-order chi connectivity index (χ0) is 21.4. The van der Waals surface area contributed by atoms with Gasteiger partial charge in [-0.15, -0.1) is 0 Å². The SMILES string of the molecule is N#CN1CC2CC[C@]2(NC(=O)c2cc(-c3ccccc3Oc3ccc(F)cc3)n[nH]2)C1. The summed E-state index contributed by atoms with van der Waals surface area (Å²) in [5, 5.41) is 19.4. The number of fused-ring (bicyclic) bond motifs is 1. The Morgan fingerprint density at radius 3 is 2.84 bits per heavy atom. The second kappa shape index (κ2) is 7.43. The molecule has 1 aromatic heterocycles. The van der Waals surface area contributed by atoms with E-state index in [4.69, 9.17) is 4.74 Å². The highest BCUT2D eigenvalue weighted by Gasteiger charge is 2.54. The van der Waals surface area contributed by atoms with Gasteiger partial charge in [-0.3, -0.25) is 9.89 Å². The maximum Gasteiger partial charge on any atom is 0.269 e. The van der Waals surface area contributed by atoms with Crippen LogP contribution >= 0.6 is 0 Å². The molecule has 0 radical (unpaired) electrons. The van der Waals surface area contributed by atoms with Crippen molar-refractivity contribution < 1.29 is 13.9 Å². The van der Waals surface area contributed by atoms with Gasteiger partial charge in [0.2, 0.25) is 0 Å². The number of halogens is 1. The number of carbonyl (C=O) groups excluding carboxylic acids is 1. The number of nitriles is 1. The summed E-state index contributed by atoms with van der Waals surface area (Å²) in [6.07, 6.45) is 4.07. The van der Waals surface area contributed by atoms with Gasteiger partial charge < -0.3 is 15.0 Å². The van der Waals surface area contributed by atoms with E-state index in [2.05, 4.69) is 21.7 Å². The minimum Gasteiger partial charge on any atom is -0.457 e. The number of nitrogens with zero attached hydrogens (tertiary/aromatic N) is 3. The summed E-state index contributed by atoms with van der Waals surface area (Å²) >= 11 is 0. The third-order valence-corrected chi connectivity index (χ3v) is 6.17. The predicted octanol–water partition coefficient (Wildman–Crippen LogP) is 3.68. The number of benzene rings is 2. The van der Waals surface area contributed by atoms with E-state index in [1.807, 2.05) is 18.2 Å². The number of ether oxygens (including phenoxy) is 1. The van der Waals surface area contributed by atoms with Crippen molar-refractivity contribution in [3.05, 3.63) is 66.1 Å². The number of nitrogens with one attached hydrogen (secondary N) is 2.